The normalized spacial score (nSPS) is 22.7. The predicted molar refractivity (Wildman–Crippen MR) is 77.1 cm³/mol. The molecule has 3 nitrogen and oxygen atoms in total. The number of nitrogens with zero attached hydrogens (tertiary/aromatic N) is 2. The Kier molecular flexibility index (Phi) is 3.74. The van der Waals surface area contributed by atoms with Gasteiger partial charge in [0.2, 0.25) is 0 Å². The van der Waals surface area contributed by atoms with Gasteiger partial charge in [-0.1, -0.05) is 25.3 Å². The number of aliphatic hydroxyl groups is 1. The molecule has 1 spiro atoms. The minimum absolute atomic E-state index is 0.0798. The Bertz CT molecular complexity index is 399. The summed E-state index contributed by atoms with van der Waals surface area (Å²) in [6.45, 7) is 2.37. The molecular weight excluding hydrogens is 236 g/mol. The van der Waals surface area contributed by atoms with Gasteiger partial charge >= 0.3 is 0 Å². The topological polar surface area (TPSA) is 36.4 Å². The van der Waals surface area contributed by atoms with Crippen molar-refractivity contribution >= 4 is 5.82 Å². The molecule has 3 heteroatoms. The van der Waals surface area contributed by atoms with Crippen LogP contribution in [0.2, 0.25) is 0 Å². The molecule has 1 N–H and O–H groups in total. The molecule has 0 radical (unpaired) electrons. The molecule has 1 aliphatic heterocycles. The van der Waals surface area contributed by atoms with Crippen molar-refractivity contribution in [3.8, 4) is 0 Å². The lowest BCUT2D eigenvalue weighted by Crippen LogP contribution is -2.41. The van der Waals surface area contributed by atoms with Gasteiger partial charge in [-0.05, 0) is 42.7 Å². The monoisotopic (exact) mass is 260 g/mol. The van der Waals surface area contributed by atoms with Crippen molar-refractivity contribution in [1.82, 2.24) is 4.98 Å². The molecule has 1 aromatic rings. The van der Waals surface area contributed by atoms with Crippen molar-refractivity contribution in [2.24, 2.45) is 5.41 Å². The Morgan fingerprint density at radius 1 is 1.05 bits per heavy atom. The highest BCUT2D eigenvalue weighted by atomic mass is 16.3. The second-order valence-electron chi connectivity index (χ2n) is 6.23. The molecule has 0 atom stereocenters. The van der Waals surface area contributed by atoms with Crippen LogP contribution in [0, 0.1) is 5.41 Å². The summed E-state index contributed by atoms with van der Waals surface area (Å²) >= 11 is 0. The first-order valence-electron chi connectivity index (χ1n) is 7.62. The third kappa shape index (κ3) is 2.76. The molecule has 104 valence electrons. The maximum atomic E-state index is 9.05. The van der Waals surface area contributed by atoms with Gasteiger partial charge < -0.3 is 10.0 Å². The summed E-state index contributed by atoms with van der Waals surface area (Å²) in [5.41, 5.74) is 1.55. The van der Waals surface area contributed by atoms with Crippen LogP contribution in [0.25, 0.3) is 0 Å². The summed E-state index contributed by atoms with van der Waals surface area (Å²) in [6.07, 6.45) is 11.6. The Balaban J connectivity index is 1.62. The lowest BCUT2D eigenvalue weighted by molar-refractivity contribution is 0.144. The molecule has 2 heterocycles. The van der Waals surface area contributed by atoms with E-state index in [0.717, 1.165) is 24.5 Å². The fourth-order valence-corrected chi connectivity index (χ4v) is 3.71. The Morgan fingerprint density at radius 2 is 1.79 bits per heavy atom. The van der Waals surface area contributed by atoms with E-state index in [-0.39, 0.29) is 6.61 Å². The number of pyridine rings is 1. The van der Waals surface area contributed by atoms with Gasteiger partial charge in [-0.3, -0.25) is 0 Å². The SMILES string of the molecule is OCc1ccc(N2CCC3(CCCCC3)CC2)nc1. The third-order valence-electron chi connectivity index (χ3n) is 5.05. The molecule has 1 saturated carbocycles. The van der Waals surface area contributed by atoms with Crippen molar-refractivity contribution in [2.75, 3.05) is 18.0 Å². The largest absolute Gasteiger partial charge is 0.392 e. The molecule has 3 rings (SSSR count). The van der Waals surface area contributed by atoms with Crippen LogP contribution in [-0.4, -0.2) is 23.2 Å². The van der Waals surface area contributed by atoms with Gasteiger partial charge in [0.25, 0.3) is 0 Å². The number of hydrogen-bond acceptors (Lipinski definition) is 3. The zero-order valence-electron chi connectivity index (χ0n) is 11.6. The van der Waals surface area contributed by atoms with Gasteiger partial charge in [-0.2, -0.15) is 0 Å². The lowest BCUT2D eigenvalue weighted by Gasteiger charge is -2.44. The van der Waals surface area contributed by atoms with Crippen LogP contribution in [0.1, 0.15) is 50.5 Å². The van der Waals surface area contributed by atoms with Gasteiger partial charge in [0, 0.05) is 19.3 Å². The summed E-state index contributed by atoms with van der Waals surface area (Å²) in [5, 5.41) is 9.05. The van der Waals surface area contributed by atoms with Gasteiger partial charge in [0.05, 0.1) is 6.61 Å². The molecule has 0 bridgehead atoms. The average molecular weight is 260 g/mol. The summed E-state index contributed by atoms with van der Waals surface area (Å²) < 4.78 is 0. The van der Waals surface area contributed by atoms with E-state index in [9.17, 15) is 0 Å². The van der Waals surface area contributed by atoms with E-state index >= 15 is 0 Å². The quantitative estimate of drug-likeness (QED) is 0.887. The number of aromatic nitrogens is 1. The Hall–Kier alpha value is -1.09. The predicted octanol–water partition coefficient (Wildman–Crippen LogP) is 3.12. The Morgan fingerprint density at radius 3 is 2.37 bits per heavy atom. The number of piperidine rings is 1. The zero-order valence-corrected chi connectivity index (χ0v) is 11.6. The fourth-order valence-electron chi connectivity index (χ4n) is 3.71. The van der Waals surface area contributed by atoms with Crippen molar-refractivity contribution in [3.63, 3.8) is 0 Å². The van der Waals surface area contributed by atoms with E-state index in [4.69, 9.17) is 5.11 Å². The second-order valence-corrected chi connectivity index (χ2v) is 6.23. The molecule has 1 saturated heterocycles. The first kappa shape index (κ1) is 12.9. The molecule has 1 aliphatic carbocycles. The molecule has 0 unspecified atom stereocenters. The highest BCUT2D eigenvalue weighted by Gasteiger charge is 2.35. The summed E-state index contributed by atoms with van der Waals surface area (Å²) in [4.78, 5) is 6.88. The molecule has 1 aromatic heterocycles. The second kappa shape index (κ2) is 5.49. The molecule has 2 fully saturated rings. The maximum Gasteiger partial charge on any atom is 0.128 e. The van der Waals surface area contributed by atoms with Crippen LogP contribution in [0.5, 0.6) is 0 Å². The molecule has 0 aromatic carbocycles. The van der Waals surface area contributed by atoms with Crippen LogP contribution < -0.4 is 4.90 Å². The van der Waals surface area contributed by atoms with Crippen LogP contribution in [-0.2, 0) is 6.61 Å². The number of anilines is 1. The highest BCUT2D eigenvalue weighted by molar-refractivity contribution is 5.39. The van der Waals surface area contributed by atoms with Crippen LogP contribution in [0.4, 0.5) is 5.82 Å². The van der Waals surface area contributed by atoms with Crippen LogP contribution in [0.15, 0.2) is 18.3 Å². The zero-order chi connectivity index (χ0) is 13.1. The van der Waals surface area contributed by atoms with Crippen molar-refractivity contribution in [3.05, 3.63) is 23.9 Å². The van der Waals surface area contributed by atoms with E-state index in [1.165, 1.54) is 44.9 Å². The Labute approximate surface area is 115 Å². The van der Waals surface area contributed by atoms with Crippen LogP contribution >= 0.6 is 0 Å². The maximum absolute atomic E-state index is 9.05. The molecule has 2 aliphatic rings. The highest BCUT2D eigenvalue weighted by Crippen LogP contribution is 2.44. The minimum atomic E-state index is 0.0798. The summed E-state index contributed by atoms with van der Waals surface area (Å²) in [6, 6.07) is 4.03. The smallest absolute Gasteiger partial charge is 0.128 e. The number of hydrogen-bond donors (Lipinski definition) is 1. The van der Waals surface area contributed by atoms with E-state index in [2.05, 4.69) is 9.88 Å². The van der Waals surface area contributed by atoms with Crippen molar-refractivity contribution in [1.29, 1.82) is 0 Å². The minimum Gasteiger partial charge on any atom is -0.392 e. The van der Waals surface area contributed by atoms with Crippen LogP contribution in [0.3, 0.4) is 0 Å². The number of rotatable bonds is 2. The van der Waals surface area contributed by atoms with Gasteiger partial charge in [0.15, 0.2) is 0 Å². The first-order valence-corrected chi connectivity index (χ1v) is 7.62. The third-order valence-corrected chi connectivity index (χ3v) is 5.05. The van der Waals surface area contributed by atoms with Gasteiger partial charge in [0.1, 0.15) is 5.82 Å². The average Bonchev–Trinajstić information content (AvgIpc) is 2.49. The van der Waals surface area contributed by atoms with Gasteiger partial charge in [-0.25, -0.2) is 4.98 Å². The first-order chi connectivity index (χ1) is 9.31. The van der Waals surface area contributed by atoms with Crippen molar-refractivity contribution in [2.45, 2.75) is 51.6 Å². The summed E-state index contributed by atoms with van der Waals surface area (Å²) in [5.74, 6) is 1.07. The van der Waals surface area contributed by atoms with E-state index < -0.39 is 0 Å². The van der Waals surface area contributed by atoms with Gasteiger partial charge in [-0.15, -0.1) is 0 Å². The van der Waals surface area contributed by atoms with E-state index in [1.807, 2.05) is 12.1 Å². The van der Waals surface area contributed by atoms with E-state index in [0.29, 0.717) is 5.41 Å². The molecule has 19 heavy (non-hydrogen) atoms. The van der Waals surface area contributed by atoms with E-state index in [1.54, 1.807) is 6.20 Å². The fraction of sp³-hybridized carbons (Fsp3) is 0.688. The summed E-state index contributed by atoms with van der Waals surface area (Å²) in [7, 11) is 0. The van der Waals surface area contributed by atoms with Crippen molar-refractivity contribution < 1.29 is 5.11 Å². The standard InChI is InChI=1S/C16H24N2O/c19-13-14-4-5-15(17-12-14)18-10-8-16(9-11-18)6-2-1-3-7-16/h4-5,12,19H,1-3,6-11,13H2. The molecule has 0 amide bonds. The number of aliphatic hydroxyl groups excluding tert-OH is 1. The molecular formula is C16H24N2O. The lowest BCUT2D eigenvalue weighted by atomic mass is 9.68.